The Balaban J connectivity index is 1.69. The molecule has 2 heterocycles. The van der Waals surface area contributed by atoms with Crippen LogP contribution in [-0.2, 0) is 33.3 Å². The van der Waals surface area contributed by atoms with E-state index in [0.717, 1.165) is 15.7 Å². The van der Waals surface area contributed by atoms with Gasteiger partial charge in [-0.3, -0.25) is 14.4 Å². The highest BCUT2D eigenvalue weighted by Crippen LogP contribution is 2.36. The highest BCUT2D eigenvalue weighted by molar-refractivity contribution is 5.92. The van der Waals surface area contributed by atoms with Gasteiger partial charge in [0, 0.05) is 20.8 Å². The first-order valence-electron chi connectivity index (χ1n) is 10.4. The van der Waals surface area contributed by atoms with Crippen LogP contribution in [0, 0.1) is 0 Å². The van der Waals surface area contributed by atoms with E-state index in [0.29, 0.717) is 5.75 Å². The molecule has 2 aliphatic rings. The van der Waals surface area contributed by atoms with Gasteiger partial charge in [-0.2, -0.15) is 0 Å². The average Bonchev–Trinajstić information content (AvgIpc) is 3.11. The zero-order valence-corrected chi connectivity index (χ0v) is 18.3. The van der Waals surface area contributed by atoms with Crippen LogP contribution in [0.4, 0.5) is 4.79 Å². The van der Waals surface area contributed by atoms with Crippen molar-refractivity contribution in [3.05, 3.63) is 42.5 Å². The smallest absolute Gasteiger partial charge is 0.417 e. The van der Waals surface area contributed by atoms with Crippen LogP contribution >= 0.6 is 0 Å². The Kier molecular flexibility index (Phi) is 6.19. The van der Waals surface area contributed by atoms with Gasteiger partial charge in [-0.15, -0.1) is 0 Å². The summed E-state index contributed by atoms with van der Waals surface area (Å²) >= 11 is 0. The molecule has 0 N–H and O–H groups in total. The molecule has 2 aromatic rings. The molecule has 1 unspecified atom stereocenters. The van der Waals surface area contributed by atoms with Crippen molar-refractivity contribution in [1.29, 1.82) is 0 Å². The Morgan fingerprint density at radius 1 is 1.00 bits per heavy atom. The fourth-order valence-electron chi connectivity index (χ4n) is 4.07. The summed E-state index contributed by atoms with van der Waals surface area (Å²) in [6.45, 7) is 3.35. The lowest BCUT2D eigenvalue weighted by molar-refractivity contribution is -0.247. The second kappa shape index (κ2) is 9.07. The minimum atomic E-state index is -1.17. The molecular weight excluding hydrogens is 434 g/mol. The molecule has 174 valence electrons. The molecule has 2 aromatic carbocycles. The molecule has 0 radical (unpaired) electrons. The van der Waals surface area contributed by atoms with Crippen LogP contribution in [-0.4, -0.2) is 66.1 Å². The molecule has 4 rings (SSSR count). The summed E-state index contributed by atoms with van der Waals surface area (Å²) < 4.78 is 27.9. The largest absolute Gasteiger partial charge is 0.463 e. The molecule has 2 fully saturated rings. The van der Waals surface area contributed by atoms with Gasteiger partial charge in [0.2, 0.25) is 12.2 Å². The van der Waals surface area contributed by atoms with Crippen molar-refractivity contribution in [2.24, 2.45) is 0 Å². The van der Waals surface area contributed by atoms with Crippen molar-refractivity contribution in [1.82, 2.24) is 4.90 Å². The van der Waals surface area contributed by atoms with E-state index in [2.05, 4.69) is 0 Å². The molecule has 0 spiro atoms. The van der Waals surface area contributed by atoms with E-state index in [9.17, 15) is 19.2 Å². The van der Waals surface area contributed by atoms with Crippen LogP contribution in [0.1, 0.15) is 20.8 Å². The number of hydrogen-bond donors (Lipinski definition) is 0. The number of nitrogens with zero attached hydrogens (tertiary/aromatic N) is 1. The number of esters is 2. The second-order valence-corrected chi connectivity index (χ2v) is 7.77. The molecule has 10 nitrogen and oxygen atoms in total. The van der Waals surface area contributed by atoms with E-state index in [1.807, 2.05) is 30.3 Å². The zero-order chi connectivity index (χ0) is 23.7. The SMILES string of the molecule is CC(=O)OC[C@H]1OC(Oc2ccc3ccccc3c2)[C@H]2[C@@H](OC(=O)N2C(C)=O)[C@@H]1OC(C)=O. The van der Waals surface area contributed by atoms with Gasteiger partial charge in [0.25, 0.3) is 0 Å². The normalized spacial score (nSPS) is 26.3. The molecule has 0 saturated carbocycles. The minimum Gasteiger partial charge on any atom is -0.463 e. The predicted octanol–water partition coefficient (Wildman–Crippen LogP) is 2.17. The first-order valence-corrected chi connectivity index (χ1v) is 10.4. The average molecular weight is 457 g/mol. The Morgan fingerprint density at radius 3 is 2.39 bits per heavy atom. The maximum absolute atomic E-state index is 12.5. The molecule has 0 aromatic heterocycles. The molecular formula is C23H23NO9. The number of carbonyl (C=O) groups is 4. The first kappa shape index (κ1) is 22.5. The summed E-state index contributed by atoms with van der Waals surface area (Å²) in [7, 11) is 0. The van der Waals surface area contributed by atoms with Crippen molar-refractivity contribution >= 4 is 34.7 Å². The summed E-state index contributed by atoms with van der Waals surface area (Å²) in [5.74, 6) is -1.37. The van der Waals surface area contributed by atoms with Crippen molar-refractivity contribution in [2.45, 2.75) is 51.4 Å². The quantitative estimate of drug-likeness (QED) is 0.492. The van der Waals surface area contributed by atoms with Gasteiger partial charge >= 0.3 is 18.0 Å². The maximum atomic E-state index is 12.5. The third kappa shape index (κ3) is 4.61. The van der Waals surface area contributed by atoms with Gasteiger partial charge in [0.15, 0.2) is 12.2 Å². The summed E-state index contributed by atoms with van der Waals surface area (Å²) in [5, 5.41) is 1.92. The summed E-state index contributed by atoms with van der Waals surface area (Å²) in [6, 6.07) is 12.0. The zero-order valence-electron chi connectivity index (χ0n) is 18.3. The van der Waals surface area contributed by atoms with Gasteiger partial charge < -0.3 is 23.7 Å². The Labute approximate surface area is 189 Å². The molecule has 2 amide bonds. The number of benzene rings is 2. The van der Waals surface area contributed by atoms with Crippen LogP contribution in [0.25, 0.3) is 10.8 Å². The third-order valence-electron chi connectivity index (χ3n) is 5.41. The number of amides is 2. The van der Waals surface area contributed by atoms with Crippen molar-refractivity contribution in [3.63, 3.8) is 0 Å². The van der Waals surface area contributed by atoms with Gasteiger partial charge in [-0.1, -0.05) is 30.3 Å². The monoisotopic (exact) mass is 457 g/mol. The number of imide groups is 1. The number of carbonyl (C=O) groups excluding carboxylic acids is 4. The summed E-state index contributed by atoms with van der Waals surface area (Å²) in [4.78, 5) is 48.8. The Morgan fingerprint density at radius 2 is 1.73 bits per heavy atom. The highest BCUT2D eigenvalue weighted by Gasteiger charge is 2.60. The van der Waals surface area contributed by atoms with Crippen molar-refractivity contribution in [2.75, 3.05) is 6.61 Å². The topological polar surface area (TPSA) is 118 Å². The third-order valence-corrected chi connectivity index (χ3v) is 5.41. The molecule has 5 atom stereocenters. The lowest BCUT2D eigenvalue weighted by Crippen LogP contribution is -2.63. The fourth-order valence-corrected chi connectivity index (χ4v) is 4.07. The van der Waals surface area contributed by atoms with E-state index in [4.69, 9.17) is 23.7 Å². The van der Waals surface area contributed by atoms with Crippen molar-refractivity contribution in [3.8, 4) is 5.75 Å². The lowest BCUT2D eigenvalue weighted by atomic mass is 9.96. The Bertz CT molecular complexity index is 1100. The molecule has 0 bridgehead atoms. The highest BCUT2D eigenvalue weighted by atomic mass is 16.7. The fraction of sp³-hybridized carbons (Fsp3) is 0.391. The molecule has 2 aliphatic heterocycles. The van der Waals surface area contributed by atoms with Crippen LogP contribution in [0.5, 0.6) is 5.75 Å². The Hall–Kier alpha value is -3.66. The molecule has 33 heavy (non-hydrogen) atoms. The lowest BCUT2D eigenvalue weighted by Gasteiger charge is -2.42. The van der Waals surface area contributed by atoms with Crippen molar-refractivity contribution < 1.29 is 42.9 Å². The van der Waals surface area contributed by atoms with Crippen LogP contribution in [0.15, 0.2) is 42.5 Å². The molecule has 10 heteroatoms. The number of fused-ring (bicyclic) bond motifs is 2. The van der Waals surface area contributed by atoms with Crippen LogP contribution in [0.2, 0.25) is 0 Å². The van der Waals surface area contributed by atoms with Gasteiger partial charge in [-0.05, 0) is 22.9 Å². The van der Waals surface area contributed by atoms with Gasteiger partial charge in [-0.25, -0.2) is 9.69 Å². The predicted molar refractivity (Wildman–Crippen MR) is 112 cm³/mol. The molecule has 2 saturated heterocycles. The van der Waals surface area contributed by atoms with E-state index in [-0.39, 0.29) is 6.61 Å². The first-order chi connectivity index (χ1) is 15.7. The van der Waals surface area contributed by atoms with E-state index >= 15 is 0 Å². The van der Waals surface area contributed by atoms with Gasteiger partial charge in [0.05, 0.1) is 0 Å². The number of rotatable bonds is 5. The second-order valence-electron chi connectivity index (χ2n) is 7.77. The number of ether oxygens (including phenoxy) is 5. The van der Waals surface area contributed by atoms with E-state index < -0.39 is 54.6 Å². The van der Waals surface area contributed by atoms with Crippen LogP contribution in [0.3, 0.4) is 0 Å². The van der Waals surface area contributed by atoms with E-state index in [1.54, 1.807) is 12.1 Å². The minimum absolute atomic E-state index is 0.272. The maximum Gasteiger partial charge on any atom is 0.417 e. The number of hydrogen-bond acceptors (Lipinski definition) is 9. The standard InChI is InChI=1S/C23H23NO9/c1-12(25)24-19-21(33-23(24)28)20(30-14(3)27)18(11-29-13(2)26)32-22(19)31-17-9-8-15-6-4-5-7-16(15)10-17/h4-10,18-22H,11H2,1-3H3/t18-,19-,20-,21-,22?/m1/s1. The summed E-state index contributed by atoms with van der Waals surface area (Å²) in [5.41, 5.74) is 0. The van der Waals surface area contributed by atoms with Crippen LogP contribution < -0.4 is 4.74 Å². The van der Waals surface area contributed by atoms with E-state index in [1.165, 1.54) is 20.8 Å². The summed E-state index contributed by atoms with van der Waals surface area (Å²) in [6.07, 6.45) is -5.26. The van der Waals surface area contributed by atoms with Gasteiger partial charge in [0.1, 0.15) is 24.5 Å². The molecule has 0 aliphatic carbocycles.